The lowest BCUT2D eigenvalue weighted by atomic mass is 9.91. The highest BCUT2D eigenvalue weighted by Crippen LogP contribution is 2.37. The molecule has 8 unspecified atom stereocenters. The molecule has 0 aromatic carbocycles. The summed E-state index contributed by atoms with van der Waals surface area (Å²) in [5.74, 6) is 0.219. The van der Waals surface area contributed by atoms with Crippen molar-refractivity contribution in [2.75, 3.05) is 28.4 Å². The van der Waals surface area contributed by atoms with E-state index in [1.54, 1.807) is 28.4 Å². The second-order valence-electron chi connectivity index (χ2n) is 8.70. The summed E-state index contributed by atoms with van der Waals surface area (Å²) >= 11 is 0. The van der Waals surface area contributed by atoms with Crippen LogP contribution in [0.15, 0.2) is 23.8 Å². The summed E-state index contributed by atoms with van der Waals surface area (Å²) in [6.07, 6.45) is 6.18. The van der Waals surface area contributed by atoms with Gasteiger partial charge in [0.1, 0.15) is 18.3 Å². The van der Waals surface area contributed by atoms with Crippen LogP contribution in [0.1, 0.15) is 40.5 Å². The van der Waals surface area contributed by atoms with Crippen LogP contribution in [-0.4, -0.2) is 82.6 Å². The number of ether oxygens (including phenoxy) is 6. The van der Waals surface area contributed by atoms with Gasteiger partial charge in [0.2, 0.25) is 0 Å². The molecule has 7 nitrogen and oxygen atoms in total. The Morgan fingerprint density at radius 1 is 1.03 bits per heavy atom. The molecule has 0 bridgehead atoms. The number of aliphatic hydroxyl groups excluding tert-OH is 1. The van der Waals surface area contributed by atoms with E-state index in [0.29, 0.717) is 6.42 Å². The molecular weight excluding hydrogens is 400 g/mol. The second-order valence-corrected chi connectivity index (χ2v) is 8.70. The van der Waals surface area contributed by atoms with Crippen molar-refractivity contribution in [3.05, 3.63) is 23.8 Å². The molecule has 1 N–H and O–H groups in total. The second kappa shape index (κ2) is 12.4. The number of epoxide rings is 1. The Bertz CT molecular complexity index is 588. The fourth-order valence-corrected chi connectivity index (χ4v) is 4.51. The standard InChI is InChI=1S/C24H42O7/c1-9-17(26-5)16(4)22-23(30-22)20(25)14(2)11-10-12-15(3)21-18(27-6)13-19(28-7)24(29-8)31-21/h10-12,14,16-25H,9,13H2,1-8H3/b11-10+,15-12+/t14?,16?,17?,18-,19?,20?,21?,22?,23?,24-/m1/s1. The summed E-state index contributed by atoms with van der Waals surface area (Å²) in [6, 6.07) is 0. The first-order valence-corrected chi connectivity index (χ1v) is 11.3. The van der Waals surface area contributed by atoms with Gasteiger partial charge in [0.05, 0.1) is 24.4 Å². The largest absolute Gasteiger partial charge is 0.390 e. The molecule has 7 heteroatoms. The number of aliphatic hydroxyl groups is 1. The fourth-order valence-electron chi connectivity index (χ4n) is 4.51. The molecule has 2 rings (SSSR count). The lowest BCUT2D eigenvalue weighted by Gasteiger charge is -2.39. The number of allylic oxidation sites excluding steroid dienone is 2. The van der Waals surface area contributed by atoms with Crippen molar-refractivity contribution in [1.82, 2.24) is 0 Å². The summed E-state index contributed by atoms with van der Waals surface area (Å²) in [6.45, 7) is 8.24. The Morgan fingerprint density at radius 2 is 1.71 bits per heavy atom. The maximum Gasteiger partial charge on any atom is 0.184 e. The minimum Gasteiger partial charge on any atom is -0.390 e. The average molecular weight is 443 g/mol. The first-order valence-electron chi connectivity index (χ1n) is 11.3. The highest BCUT2D eigenvalue weighted by Gasteiger charge is 2.50. The Balaban J connectivity index is 1.93. The number of hydrogen-bond donors (Lipinski definition) is 1. The molecule has 0 radical (unpaired) electrons. The molecule has 0 amide bonds. The minimum absolute atomic E-state index is 0.0380. The van der Waals surface area contributed by atoms with Gasteiger partial charge in [-0.25, -0.2) is 0 Å². The minimum atomic E-state index is -0.551. The third-order valence-electron chi connectivity index (χ3n) is 6.69. The van der Waals surface area contributed by atoms with E-state index in [1.807, 2.05) is 32.1 Å². The van der Waals surface area contributed by atoms with E-state index in [-0.39, 0.29) is 48.5 Å². The summed E-state index contributed by atoms with van der Waals surface area (Å²) < 4.78 is 33.9. The van der Waals surface area contributed by atoms with Crippen molar-refractivity contribution < 1.29 is 33.5 Å². The van der Waals surface area contributed by atoms with Crippen molar-refractivity contribution in [3.63, 3.8) is 0 Å². The highest BCUT2D eigenvalue weighted by atomic mass is 16.7. The van der Waals surface area contributed by atoms with Crippen LogP contribution in [0.4, 0.5) is 0 Å². The molecule has 0 aromatic rings. The van der Waals surface area contributed by atoms with Gasteiger partial charge in [0.15, 0.2) is 6.29 Å². The van der Waals surface area contributed by atoms with Crippen LogP contribution in [0.25, 0.3) is 0 Å². The van der Waals surface area contributed by atoms with E-state index in [2.05, 4.69) is 13.8 Å². The van der Waals surface area contributed by atoms with Crippen molar-refractivity contribution >= 4 is 0 Å². The van der Waals surface area contributed by atoms with Crippen LogP contribution in [0.5, 0.6) is 0 Å². The summed E-state index contributed by atoms with van der Waals surface area (Å²) in [4.78, 5) is 0. The van der Waals surface area contributed by atoms with Crippen molar-refractivity contribution in [1.29, 1.82) is 0 Å². The molecule has 2 saturated heterocycles. The molecule has 2 fully saturated rings. The fraction of sp³-hybridized carbons (Fsp3) is 0.833. The molecule has 31 heavy (non-hydrogen) atoms. The van der Waals surface area contributed by atoms with Crippen molar-refractivity contribution in [2.45, 2.75) is 89.6 Å². The number of rotatable bonds is 12. The van der Waals surface area contributed by atoms with Crippen molar-refractivity contribution in [2.24, 2.45) is 11.8 Å². The molecule has 0 saturated carbocycles. The number of methoxy groups -OCH3 is 4. The molecule has 2 heterocycles. The monoisotopic (exact) mass is 442 g/mol. The Kier molecular flexibility index (Phi) is 10.6. The zero-order chi connectivity index (χ0) is 23.1. The molecule has 10 atom stereocenters. The summed E-state index contributed by atoms with van der Waals surface area (Å²) in [5.41, 5.74) is 1.03. The predicted molar refractivity (Wildman–Crippen MR) is 119 cm³/mol. The first kappa shape index (κ1) is 26.5. The number of hydrogen-bond acceptors (Lipinski definition) is 7. The maximum absolute atomic E-state index is 10.7. The molecular formula is C24H42O7. The average Bonchev–Trinajstić information content (AvgIpc) is 3.58. The molecule has 2 aliphatic heterocycles. The zero-order valence-electron chi connectivity index (χ0n) is 20.3. The first-order chi connectivity index (χ1) is 14.8. The third kappa shape index (κ3) is 6.60. The molecule has 2 aliphatic rings. The van der Waals surface area contributed by atoms with Gasteiger partial charge in [0, 0.05) is 46.7 Å². The maximum atomic E-state index is 10.7. The van der Waals surface area contributed by atoms with Gasteiger partial charge in [-0.2, -0.15) is 0 Å². The quantitative estimate of drug-likeness (QED) is 0.367. The van der Waals surface area contributed by atoms with Gasteiger partial charge in [-0.1, -0.05) is 39.0 Å². The normalized spacial score (nSPS) is 35.7. The molecule has 0 aliphatic carbocycles. The van der Waals surface area contributed by atoms with Crippen LogP contribution >= 0.6 is 0 Å². The predicted octanol–water partition coefficient (Wildman–Crippen LogP) is 3.11. The van der Waals surface area contributed by atoms with Crippen LogP contribution < -0.4 is 0 Å². The summed E-state index contributed by atoms with van der Waals surface area (Å²) in [7, 11) is 6.68. The lowest BCUT2D eigenvalue weighted by molar-refractivity contribution is -0.256. The van der Waals surface area contributed by atoms with Gasteiger partial charge in [-0.05, 0) is 18.9 Å². The van der Waals surface area contributed by atoms with E-state index < -0.39 is 12.4 Å². The Hall–Kier alpha value is -0.800. The zero-order valence-corrected chi connectivity index (χ0v) is 20.3. The van der Waals surface area contributed by atoms with Crippen LogP contribution in [-0.2, 0) is 28.4 Å². The van der Waals surface area contributed by atoms with E-state index in [9.17, 15) is 5.11 Å². The van der Waals surface area contributed by atoms with Crippen LogP contribution in [0, 0.1) is 11.8 Å². The van der Waals surface area contributed by atoms with E-state index in [0.717, 1.165) is 12.0 Å². The van der Waals surface area contributed by atoms with Crippen LogP contribution in [0.2, 0.25) is 0 Å². The van der Waals surface area contributed by atoms with Crippen LogP contribution in [0.3, 0.4) is 0 Å². The SMILES string of the molecule is CCC(OC)C(C)C1OC1C(O)C(C)/C=C/C=C(\C)C1O[C@@H](OC)C(OC)C[C@H]1OC. The van der Waals surface area contributed by atoms with E-state index in [4.69, 9.17) is 28.4 Å². The third-order valence-corrected chi connectivity index (χ3v) is 6.69. The molecule has 0 spiro atoms. The van der Waals surface area contributed by atoms with Gasteiger partial charge in [0.25, 0.3) is 0 Å². The molecule has 180 valence electrons. The topological polar surface area (TPSA) is 78.9 Å². The highest BCUT2D eigenvalue weighted by molar-refractivity contribution is 5.18. The lowest BCUT2D eigenvalue weighted by Crippen LogP contribution is -2.49. The van der Waals surface area contributed by atoms with E-state index >= 15 is 0 Å². The van der Waals surface area contributed by atoms with Gasteiger partial charge >= 0.3 is 0 Å². The molecule has 0 aromatic heterocycles. The smallest absolute Gasteiger partial charge is 0.184 e. The Labute approximate surface area is 187 Å². The van der Waals surface area contributed by atoms with Gasteiger partial charge in [-0.3, -0.25) is 0 Å². The summed E-state index contributed by atoms with van der Waals surface area (Å²) in [5, 5.41) is 10.7. The van der Waals surface area contributed by atoms with E-state index in [1.165, 1.54) is 0 Å². The Morgan fingerprint density at radius 3 is 2.26 bits per heavy atom. The van der Waals surface area contributed by atoms with Crippen molar-refractivity contribution in [3.8, 4) is 0 Å². The van der Waals surface area contributed by atoms with Gasteiger partial charge in [-0.15, -0.1) is 0 Å². The van der Waals surface area contributed by atoms with Gasteiger partial charge < -0.3 is 33.5 Å².